The maximum atomic E-state index is 9.86. The van der Waals surface area contributed by atoms with E-state index in [1.807, 2.05) is 0 Å². The second kappa shape index (κ2) is 4.53. The van der Waals surface area contributed by atoms with Crippen LogP contribution in [0.2, 0.25) is 0 Å². The molecule has 1 aromatic heterocycles. The summed E-state index contributed by atoms with van der Waals surface area (Å²) >= 11 is 0. The molecule has 0 atom stereocenters. The monoisotopic (exact) mass is 244 g/mol. The van der Waals surface area contributed by atoms with Crippen molar-refractivity contribution in [3.8, 4) is 0 Å². The normalized spacial score (nSPS) is 8.00. The number of nitrogens with zero attached hydrogens (tertiary/aromatic N) is 1. The number of nitrogens with one attached hydrogen (secondary N) is 1. The number of imidazole rings is 1. The van der Waals surface area contributed by atoms with Gasteiger partial charge in [-0.05, 0) is 0 Å². The minimum absolute atomic E-state index is 0. The first-order chi connectivity index (χ1) is 3.80. The van der Waals surface area contributed by atoms with E-state index in [0.717, 1.165) is 0 Å². The van der Waals surface area contributed by atoms with Gasteiger partial charge in [-0.15, -0.1) is 0 Å². The Labute approximate surface area is 110 Å². The van der Waals surface area contributed by atoms with Gasteiger partial charge in [0.05, 0.1) is 0 Å². The predicted molar refractivity (Wildman–Crippen MR) is 22.9 cm³/mol. The summed E-state index contributed by atoms with van der Waals surface area (Å²) in [6, 6.07) is 0. The third kappa shape index (κ3) is 2.88. The zero-order valence-corrected chi connectivity index (χ0v) is 11.2. The molecular weight excluding hydrogens is 241 g/mol. The van der Waals surface area contributed by atoms with Crippen LogP contribution in [0, 0.1) is 0 Å². The summed E-state index contributed by atoms with van der Waals surface area (Å²) in [6.45, 7) is 0. The molecule has 0 aliphatic rings. The van der Waals surface area contributed by atoms with Crippen LogP contribution in [0.5, 0.6) is 0 Å². The Bertz CT molecular complexity index is 184. The smallest absolute Gasteiger partial charge is 0.542 e. The molecule has 0 radical (unpaired) electrons. The fraction of sp³-hybridized carbons (Fsp3) is 0. The van der Waals surface area contributed by atoms with E-state index >= 15 is 0 Å². The molecule has 1 aromatic rings. The minimum atomic E-state index is -1.28. The minimum Gasteiger partial charge on any atom is -0.542 e. The molecule has 0 saturated carbocycles. The van der Waals surface area contributed by atoms with Gasteiger partial charge in [0.15, 0.2) is 5.82 Å². The molecule has 1 N–H and O–H groups in total. The third-order valence-electron chi connectivity index (χ3n) is 0.692. The number of hydrogen-bond acceptors (Lipinski definition) is 3. The van der Waals surface area contributed by atoms with E-state index < -0.39 is 5.97 Å². The summed E-state index contributed by atoms with van der Waals surface area (Å²) in [5.41, 5.74) is 0. The number of hydrogen-bond donors (Lipinski definition) is 1. The van der Waals surface area contributed by atoms with E-state index in [0.29, 0.717) is 0 Å². The molecule has 1 heterocycles. The number of rotatable bonds is 1. The molecule has 42 valence electrons. The third-order valence-corrected chi connectivity index (χ3v) is 0.692. The summed E-state index contributed by atoms with van der Waals surface area (Å²) in [5, 5.41) is 9.86. The number of carbonyl (C=O) groups excluding carboxylic acids is 1. The summed E-state index contributed by atoms with van der Waals surface area (Å²) in [4.78, 5) is 15.6. The van der Waals surface area contributed by atoms with Crippen LogP contribution >= 0.6 is 0 Å². The van der Waals surface area contributed by atoms with E-state index in [9.17, 15) is 9.90 Å². The van der Waals surface area contributed by atoms with Crippen molar-refractivity contribution in [1.82, 2.24) is 9.97 Å². The van der Waals surface area contributed by atoms with Crippen LogP contribution in [-0.4, -0.2) is 15.9 Å². The first kappa shape index (κ1) is 9.73. The molecule has 0 aromatic carbocycles. The molecular formula is C4H3CsN2O2. The first-order valence-electron chi connectivity index (χ1n) is 2.01. The van der Waals surface area contributed by atoms with Crippen molar-refractivity contribution in [2.75, 3.05) is 0 Å². The standard InChI is InChI=1S/C4H4N2O2.Cs/c7-4(8)3-5-1-2-6-3;/h1-2H,(H,5,6)(H,7,8);/q;+1/p-1. The van der Waals surface area contributed by atoms with Gasteiger partial charge in [0, 0.05) is 12.4 Å². The Morgan fingerprint density at radius 1 is 1.78 bits per heavy atom. The molecule has 0 amide bonds. The van der Waals surface area contributed by atoms with Crippen molar-refractivity contribution in [3.05, 3.63) is 18.2 Å². The zero-order chi connectivity index (χ0) is 5.98. The molecule has 9 heavy (non-hydrogen) atoms. The van der Waals surface area contributed by atoms with Crippen LogP contribution in [0.3, 0.4) is 0 Å². The number of aromatic amines is 1. The van der Waals surface area contributed by atoms with Gasteiger partial charge in [0.1, 0.15) is 5.97 Å². The number of aromatic nitrogens is 2. The number of carboxylic acid groups (broad SMARTS) is 1. The second-order valence-electron chi connectivity index (χ2n) is 1.23. The van der Waals surface area contributed by atoms with E-state index in [-0.39, 0.29) is 74.7 Å². The maximum absolute atomic E-state index is 9.86. The van der Waals surface area contributed by atoms with E-state index in [1.165, 1.54) is 12.4 Å². The van der Waals surface area contributed by atoms with Crippen molar-refractivity contribution in [2.45, 2.75) is 0 Å². The molecule has 0 aliphatic carbocycles. The Morgan fingerprint density at radius 3 is 2.67 bits per heavy atom. The first-order valence-corrected chi connectivity index (χ1v) is 2.01. The van der Waals surface area contributed by atoms with Crippen LogP contribution in [0.25, 0.3) is 0 Å². The van der Waals surface area contributed by atoms with E-state index in [1.54, 1.807) is 0 Å². The molecule has 0 bridgehead atoms. The summed E-state index contributed by atoms with van der Waals surface area (Å²) < 4.78 is 0. The van der Waals surface area contributed by atoms with Gasteiger partial charge in [0.25, 0.3) is 0 Å². The molecule has 5 heteroatoms. The van der Waals surface area contributed by atoms with Crippen LogP contribution < -0.4 is 74.0 Å². The van der Waals surface area contributed by atoms with Crippen LogP contribution in [0.15, 0.2) is 12.4 Å². The van der Waals surface area contributed by atoms with Crippen molar-refractivity contribution in [2.24, 2.45) is 0 Å². The van der Waals surface area contributed by atoms with Crippen molar-refractivity contribution in [1.29, 1.82) is 0 Å². The van der Waals surface area contributed by atoms with Gasteiger partial charge in [-0.3, -0.25) is 0 Å². The van der Waals surface area contributed by atoms with Crippen LogP contribution in [-0.2, 0) is 0 Å². The zero-order valence-electron chi connectivity index (χ0n) is 4.92. The van der Waals surface area contributed by atoms with Gasteiger partial charge in [-0.2, -0.15) is 0 Å². The second-order valence-corrected chi connectivity index (χ2v) is 1.23. The summed E-state index contributed by atoms with van der Waals surface area (Å²) in [7, 11) is 0. The van der Waals surface area contributed by atoms with Crippen molar-refractivity contribution in [3.63, 3.8) is 0 Å². The molecule has 0 fully saturated rings. The van der Waals surface area contributed by atoms with Crippen molar-refractivity contribution >= 4 is 5.97 Å². The van der Waals surface area contributed by atoms with Gasteiger partial charge in [0.2, 0.25) is 0 Å². The van der Waals surface area contributed by atoms with Gasteiger partial charge >= 0.3 is 68.9 Å². The Morgan fingerprint density at radius 2 is 2.44 bits per heavy atom. The Kier molecular flexibility index (Phi) is 4.90. The number of carbonyl (C=O) groups is 1. The number of H-pyrrole nitrogens is 1. The quantitative estimate of drug-likeness (QED) is 0.544. The average molecular weight is 244 g/mol. The fourth-order valence-electron chi connectivity index (χ4n) is 0.377. The number of carboxylic acids is 1. The molecule has 0 unspecified atom stereocenters. The topological polar surface area (TPSA) is 68.8 Å². The summed E-state index contributed by atoms with van der Waals surface area (Å²) in [6.07, 6.45) is 2.77. The van der Waals surface area contributed by atoms with Gasteiger partial charge in [-0.25, -0.2) is 4.98 Å². The molecule has 1 rings (SSSR count). The van der Waals surface area contributed by atoms with Gasteiger partial charge in [-0.1, -0.05) is 0 Å². The SMILES string of the molecule is O=C([O-])c1ncc[nH]1.[Cs+]. The Hall–Kier alpha value is 0.732. The predicted octanol–water partition coefficient (Wildman–Crippen LogP) is -4.22. The molecule has 4 nitrogen and oxygen atoms in total. The largest absolute Gasteiger partial charge is 1.00 e. The molecule has 0 spiro atoms. The molecule has 0 aliphatic heterocycles. The van der Waals surface area contributed by atoms with Gasteiger partial charge < -0.3 is 14.9 Å². The van der Waals surface area contributed by atoms with Crippen LogP contribution in [0.1, 0.15) is 10.6 Å². The summed E-state index contributed by atoms with van der Waals surface area (Å²) in [5.74, 6) is -1.42. The van der Waals surface area contributed by atoms with Crippen molar-refractivity contribution < 1.29 is 78.8 Å². The van der Waals surface area contributed by atoms with Crippen LogP contribution in [0.4, 0.5) is 0 Å². The molecule has 0 saturated heterocycles. The van der Waals surface area contributed by atoms with E-state index in [2.05, 4.69) is 9.97 Å². The Balaban J connectivity index is 0.000000640. The fourth-order valence-corrected chi connectivity index (χ4v) is 0.377. The average Bonchev–Trinajstić information content (AvgIpc) is 2.12. The number of aromatic carboxylic acids is 1. The van der Waals surface area contributed by atoms with E-state index in [4.69, 9.17) is 0 Å². The maximum Gasteiger partial charge on any atom is 1.00 e.